The molecule has 2 nitrogen and oxygen atoms in total. The SMILES string of the molecule is CCCNC(CCCc1ccc2ccccc2n1)C(C)C. The van der Waals surface area contributed by atoms with Gasteiger partial charge in [-0.1, -0.05) is 45.0 Å². The molecule has 114 valence electrons. The van der Waals surface area contributed by atoms with Crippen molar-refractivity contribution in [3.8, 4) is 0 Å². The number of aryl methyl sites for hydroxylation is 1. The fraction of sp³-hybridized carbons (Fsp3) is 0.526. The number of rotatable bonds is 8. The highest BCUT2D eigenvalue weighted by molar-refractivity contribution is 5.78. The summed E-state index contributed by atoms with van der Waals surface area (Å²) in [4.78, 5) is 4.76. The van der Waals surface area contributed by atoms with E-state index in [4.69, 9.17) is 4.98 Å². The lowest BCUT2D eigenvalue weighted by Crippen LogP contribution is -2.34. The Morgan fingerprint density at radius 1 is 1.10 bits per heavy atom. The molecular formula is C19H28N2. The third-order valence-electron chi connectivity index (χ3n) is 4.07. The Morgan fingerprint density at radius 3 is 2.67 bits per heavy atom. The third-order valence-corrected chi connectivity index (χ3v) is 4.07. The lowest BCUT2D eigenvalue weighted by molar-refractivity contribution is 0.370. The minimum Gasteiger partial charge on any atom is -0.314 e. The fourth-order valence-electron chi connectivity index (χ4n) is 2.75. The zero-order chi connectivity index (χ0) is 15.1. The predicted molar refractivity (Wildman–Crippen MR) is 91.6 cm³/mol. The van der Waals surface area contributed by atoms with E-state index in [0.29, 0.717) is 12.0 Å². The molecule has 2 aromatic rings. The largest absolute Gasteiger partial charge is 0.314 e. The van der Waals surface area contributed by atoms with Gasteiger partial charge in [-0.05, 0) is 50.3 Å². The molecule has 0 bridgehead atoms. The molecule has 0 spiro atoms. The van der Waals surface area contributed by atoms with Crippen molar-refractivity contribution in [3.63, 3.8) is 0 Å². The van der Waals surface area contributed by atoms with Crippen molar-refractivity contribution in [2.45, 2.75) is 52.5 Å². The van der Waals surface area contributed by atoms with E-state index < -0.39 is 0 Å². The Kier molecular flexibility index (Phi) is 6.19. The lowest BCUT2D eigenvalue weighted by atomic mass is 9.97. The van der Waals surface area contributed by atoms with Crippen LogP contribution in [-0.2, 0) is 6.42 Å². The molecule has 21 heavy (non-hydrogen) atoms. The highest BCUT2D eigenvalue weighted by Crippen LogP contribution is 2.15. The summed E-state index contributed by atoms with van der Waals surface area (Å²) in [5.74, 6) is 0.695. The Morgan fingerprint density at radius 2 is 1.90 bits per heavy atom. The Bertz CT molecular complexity index is 548. The topological polar surface area (TPSA) is 24.9 Å². The minimum absolute atomic E-state index is 0.630. The van der Waals surface area contributed by atoms with Crippen LogP contribution in [0, 0.1) is 5.92 Å². The van der Waals surface area contributed by atoms with E-state index in [9.17, 15) is 0 Å². The van der Waals surface area contributed by atoms with E-state index in [0.717, 1.165) is 18.5 Å². The highest BCUT2D eigenvalue weighted by atomic mass is 14.9. The second-order valence-corrected chi connectivity index (χ2v) is 6.19. The van der Waals surface area contributed by atoms with Crippen molar-refractivity contribution < 1.29 is 0 Å². The van der Waals surface area contributed by atoms with Crippen molar-refractivity contribution in [2.24, 2.45) is 5.92 Å². The number of para-hydroxylation sites is 1. The Hall–Kier alpha value is -1.41. The van der Waals surface area contributed by atoms with Crippen molar-refractivity contribution >= 4 is 10.9 Å². The van der Waals surface area contributed by atoms with E-state index in [1.807, 2.05) is 0 Å². The number of benzene rings is 1. The van der Waals surface area contributed by atoms with Gasteiger partial charge in [-0.3, -0.25) is 4.98 Å². The molecule has 0 saturated heterocycles. The first-order chi connectivity index (χ1) is 10.2. The molecule has 2 heteroatoms. The van der Waals surface area contributed by atoms with Crippen molar-refractivity contribution in [2.75, 3.05) is 6.54 Å². The van der Waals surface area contributed by atoms with Crippen LogP contribution >= 0.6 is 0 Å². The number of pyridine rings is 1. The molecule has 1 unspecified atom stereocenters. The van der Waals surface area contributed by atoms with Crippen molar-refractivity contribution in [1.29, 1.82) is 0 Å². The average Bonchev–Trinajstić information content (AvgIpc) is 2.50. The van der Waals surface area contributed by atoms with Gasteiger partial charge in [0.1, 0.15) is 0 Å². The summed E-state index contributed by atoms with van der Waals surface area (Å²) in [5, 5.41) is 4.89. The third kappa shape index (κ3) is 4.82. The normalized spacial score (nSPS) is 13.0. The van der Waals surface area contributed by atoms with Crippen LogP contribution in [0.1, 0.15) is 45.7 Å². The van der Waals surface area contributed by atoms with Crippen molar-refractivity contribution in [1.82, 2.24) is 10.3 Å². The van der Waals surface area contributed by atoms with E-state index in [-0.39, 0.29) is 0 Å². The monoisotopic (exact) mass is 284 g/mol. The first kappa shape index (κ1) is 16.0. The summed E-state index contributed by atoms with van der Waals surface area (Å²) < 4.78 is 0. The summed E-state index contributed by atoms with van der Waals surface area (Å²) in [6.45, 7) is 7.96. The van der Waals surface area contributed by atoms with Gasteiger partial charge in [0.2, 0.25) is 0 Å². The molecule has 0 aliphatic heterocycles. The van der Waals surface area contributed by atoms with Gasteiger partial charge in [0, 0.05) is 17.1 Å². The first-order valence-corrected chi connectivity index (χ1v) is 8.28. The number of aromatic nitrogens is 1. The molecule has 0 fully saturated rings. The first-order valence-electron chi connectivity index (χ1n) is 8.28. The summed E-state index contributed by atoms with van der Waals surface area (Å²) in [6, 6.07) is 13.3. The molecule has 0 aliphatic rings. The summed E-state index contributed by atoms with van der Waals surface area (Å²) in [5.41, 5.74) is 2.33. The summed E-state index contributed by atoms with van der Waals surface area (Å²) in [6.07, 6.45) is 4.70. The molecule has 1 aromatic heterocycles. The fourth-order valence-corrected chi connectivity index (χ4v) is 2.75. The maximum atomic E-state index is 4.76. The lowest BCUT2D eigenvalue weighted by Gasteiger charge is -2.22. The van der Waals surface area contributed by atoms with Gasteiger partial charge in [-0.15, -0.1) is 0 Å². The minimum atomic E-state index is 0.630. The smallest absolute Gasteiger partial charge is 0.0705 e. The number of nitrogens with zero attached hydrogens (tertiary/aromatic N) is 1. The van der Waals surface area contributed by atoms with Crippen LogP contribution in [0.5, 0.6) is 0 Å². The average molecular weight is 284 g/mol. The number of nitrogens with one attached hydrogen (secondary N) is 1. The molecule has 1 N–H and O–H groups in total. The van der Waals surface area contributed by atoms with E-state index >= 15 is 0 Å². The zero-order valence-corrected chi connectivity index (χ0v) is 13.6. The van der Waals surface area contributed by atoms with E-state index in [1.165, 1.54) is 30.3 Å². The highest BCUT2D eigenvalue weighted by Gasteiger charge is 2.11. The van der Waals surface area contributed by atoms with Gasteiger partial charge < -0.3 is 5.32 Å². The molecule has 0 amide bonds. The summed E-state index contributed by atoms with van der Waals surface area (Å²) in [7, 11) is 0. The molecule has 1 atom stereocenters. The van der Waals surface area contributed by atoms with Crippen LogP contribution in [-0.4, -0.2) is 17.6 Å². The zero-order valence-electron chi connectivity index (χ0n) is 13.6. The molecule has 1 aromatic carbocycles. The standard InChI is InChI=1S/C19H28N2/c1-4-14-20-18(15(2)3)11-7-9-17-13-12-16-8-5-6-10-19(16)21-17/h5-6,8,10,12-13,15,18,20H,4,7,9,11,14H2,1-3H3. The van der Waals surface area contributed by atoms with Crippen molar-refractivity contribution in [3.05, 3.63) is 42.1 Å². The Labute approximate surface area is 129 Å². The van der Waals surface area contributed by atoms with Crippen LogP contribution in [0.25, 0.3) is 10.9 Å². The van der Waals surface area contributed by atoms with Gasteiger partial charge in [-0.25, -0.2) is 0 Å². The molecule has 0 aliphatic carbocycles. The molecule has 1 heterocycles. The number of fused-ring (bicyclic) bond motifs is 1. The van der Waals surface area contributed by atoms with Gasteiger partial charge in [0.15, 0.2) is 0 Å². The van der Waals surface area contributed by atoms with Gasteiger partial charge in [0.05, 0.1) is 5.52 Å². The number of hydrogen-bond acceptors (Lipinski definition) is 2. The second kappa shape index (κ2) is 8.14. The molecular weight excluding hydrogens is 256 g/mol. The van der Waals surface area contributed by atoms with Crippen LogP contribution in [0.15, 0.2) is 36.4 Å². The van der Waals surface area contributed by atoms with E-state index in [2.05, 4.69) is 62.5 Å². The van der Waals surface area contributed by atoms with E-state index in [1.54, 1.807) is 0 Å². The number of hydrogen-bond donors (Lipinski definition) is 1. The van der Waals surface area contributed by atoms with Gasteiger partial charge in [-0.2, -0.15) is 0 Å². The van der Waals surface area contributed by atoms with Gasteiger partial charge in [0.25, 0.3) is 0 Å². The molecule has 2 rings (SSSR count). The molecule has 0 radical (unpaired) electrons. The van der Waals surface area contributed by atoms with Crippen LogP contribution in [0.2, 0.25) is 0 Å². The maximum absolute atomic E-state index is 4.76. The maximum Gasteiger partial charge on any atom is 0.0705 e. The van der Waals surface area contributed by atoms with Crippen LogP contribution in [0.4, 0.5) is 0 Å². The molecule has 0 saturated carbocycles. The second-order valence-electron chi connectivity index (χ2n) is 6.19. The van der Waals surface area contributed by atoms with Gasteiger partial charge >= 0.3 is 0 Å². The van der Waals surface area contributed by atoms with Crippen LogP contribution in [0.3, 0.4) is 0 Å². The quantitative estimate of drug-likeness (QED) is 0.767. The van der Waals surface area contributed by atoms with Crippen LogP contribution < -0.4 is 5.32 Å². The predicted octanol–water partition coefficient (Wildman–Crippen LogP) is 4.58. The summed E-state index contributed by atoms with van der Waals surface area (Å²) >= 11 is 0. The Balaban J connectivity index is 1.88.